The predicted molar refractivity (Wildman–Crippen MR) is 84.0 cm³/mol. The second kappa shape index (κ2) is 7.23. The van der Waals surface area contributed by atoms with E-state index in [1.165, 1.54) is 0 Å². The summed E-state index contributed by atoms with van der Waals surface area (Å²) in [5, 5.41) is 3.02. The van der Waals surface area contributed by atoms with Crippen molar-refractivity contribution in [3.63, 3.8) is 0 Å². The van der Waals surface area contributed by atoms with E-state index < -0.39 is 0 Å². The van der Waals surface area contributed by atoms with Gasteiger partial charge in [0.25, 0.3) is 5.91 Å². The summed E-state index contributed by atoms with van der Waals surface area (Å²) in [4.78, 5) is 12.2. The van der Waals surface area contributed by atoms with Gasteiger partial charge in [-0.25, -0.2) is 0 Å². The average molecular weight is 340 g/mol. The van der Waals surface area contributed by atoms with Gasteiger partial charge in [0, 0.05) is 17.6 Å². The molecular weight excluding hydrogens is 318 g/mol. The van der Waals surface area contributed by atoms with Gasteiger partial charge in [-0.1, -0.05) is 11.6 Å². The molecule has 1 heterocycles. The third-order valence-corrected chi connectivity index (χ3v) is 4.49. The summed E-state index contributed by atoms with van der Waals surface area (Å²) in [6, 6.07) is 5.82. The van der Waals surface area contributed by atoms with Crippen molar-refractivity contribution in [1.82, 2.24) is 5.32 Å². The Morgan fingerprint density at radius 1 is 1.50 bits per heavy atom. The van der Waals surface area contributed by atoms with Gasteiger partial charge in [0.05, 0.1) is 11.7 Å². The Kier molecular flexibility index (Phi) is 5.61. The lowest BCUT2D eigenvalue weighted by Crippen LogP contribution is -2.29. The first-order chi connectivity index (χ1) is 9.56. The summed E-state index contributed by atoms with van der Waals surface area (Å²) in [7, 11) is 0. The Hall–Kier alpha value is -0.870. The largest absolute Gasteiger partial charge is 0.378 e. The third kappa shape index (κ3) is 4.32. The van der Waals surface area contributed by atoms with Crippen molar-refractivity contribution in [2.45, 2.75) is 39.2 Å². The number of ether oxygens (including phenoxy) is 1. The second-order valence-electron chi connectivity index (χ2n) is 5.60. The third-order valence-electron chi connectivity index (χ3n) is 3.80. The van der Waals surface area contributed by atoms with E-state index in [1.807, 2.05) is 25.1 Å². The highest BCUT2D eigenvalue weighted by atomic mass is 79.9. The summed E-state index contributed by atoms with van der Waals surface area (Å²) >= 11 is 3.43. The van der Waals surface area contributed by atoms with Crippen LogP contribution in [0.5, 0.6) is 0 Å². The molecule has 0 aliphatic carbocycles. The van der Waals surface area contributed by atoms with Gasteiger partial charge >= 0.3 is 0 Å². The van der Waals surface area contributed by atoms with Crippen LogP contribution in [0.25, 0.3) is 0 Å². The lowest BCUT2D eigenvalue weighted by molar-refractivity contribution is 0.00109. The van der Waals surface area contributed by atoms with E-state index in [4.69, 9.17) is 4.74 Å². The molecule has 0 aromatic heterocycles. The van der Waals surface area contributed by atoms with Crippen molar-refractivity contribution in [3.8, 4) is 0 Å². The molecular formula is C16H22BrNO2. The number of nitrogens with one attached hydrogen (secondary N) is 1. The quantitative estimate of drug-likeness (QED) is 0.908. The van der Waals surface area contributed by atoms with E-state index in [0.29, 0.717) is 17.6 Å². The van der Waals surface area contributed by atoms with Crippen LogP contribution in [-0.4, -0.2) is 25.2 Å². The first kappa shape index (κ1) is 15.5. The maximum Gasteiger partial charge on any atom is 0.252 e. The summed E-state index contributed by atoms with van der Waals surface area (Å²) in [6.07, 6.45) is 3.59. The van der Waals surface area contributed by atoms with Crippen molar-refractivity contribution >= 4 is 21.8 Å². The second-order valence-corrected chi connectivity index (χ2v) is 6.45. The Morgan fingerprint density at radius 2 is 2.30 bits per heavy atom. The van der Waals surface area contributed by atoms with Crippen LogP contribution >= 0.6 is 15.9 Å². The summed E-state index contributed by atoms with van der Waals surface area (Å²) < 4.78 is 6.39. The lowest BCUT2D eigenvalue weighted by atomic mass is 9.93. The zero-order valence-corrected chi connectivity index (χ0v) is 13.7. The molecule has 110 valence electrons. The molecule has 1 N–H and O–H groups in total. The molecule has 0 spiro atoms. The highest BCUT2D eigenvalue weighted by Crippen LogP contribution is 2.22. The number of halogens is 1. The van der Waals surface area contributed by atoms with Crippen molar-refractivity contribution in [2.24, 2.45) is 5.92 Å². The van der Waals surface area contributed by atoms with Crippen LogP contribution in [0.1, 0.15) is 42.1 Å². The Bertz CT molecular complexity index is 476. The number of carbonyl (C=O) groups is 1. The minimum atomic E-state index is 0.000632. The van der Waals surface area contributed by atoms with Crippen molar-refractivity contribution in [3.05, 3.63) is 33.8 Å². The molecule has 20 heavy (non-hydrogen) atoms. The molecule has 4 heteroatoms. The van der Waals surface area contributed by atoms with Gasteiger partial charge in [0.15, 0.2) is 0 Å². The van der Waals surface area contributed by atoms with Crippen molar-refractivity contribution < 1.29 is 9.53 Å². The van der Waals surface area contributed by atoms with Crippen LogP contribution in [0.3, 0.4) is 0 Å². The standard InChI is InChI=1S/C16H22BrNO2/c1-11-3-4-15(17)14(9-11)16(19)18-7-5-13-6-8-20-12(2)10-13/h3-4,9,12-13H,5-8,10H2,1-2H3,(H,18,19)/t12-,13-/m0/s1. The molecule has 2 rings (SSSR count). The van der Waals surface area contributed by atoms with Gasteiger partial charge in [0.1, 0.15) is 0 Å². The van der Waals surface area contributed by atoms with E-state index in [0.717, 1.165) is 42.5 Å². The fourth-order valence-corrected chi connectivity index (χ4v) is 3.08. The number of hydrogen-bond acceptors (Lipinski definition) is 2. The number of benzene rings is 1. The Morgan fingerprint density at radius 3 is 3.05 bits per heavy atom. The van der Waals surface area contributed by atoms with Crippen molar-refractivity contribution in [2.75, 3.05) is 13.2 Å². The van der Waals surface area contributed by atoms with Crippen LogP contribution in [0, 0.1) is 12.8 Å². The molecule has 1 aliphatic rings. The Labute approximate surface area is 129 Å². The molecule has 0 unspecified atom stereocenters. The zero-order valence-electron chi connectivity index (χ0n) is 12.1. The molecule has 1 saturated heterocycles. The van der Waals surface area contributed by atoms with E-state index in [1.54, 1.807) is 0 Å². The SMILES string of the molecule is Cc1ccc(Br)c(C(=O)NCC[C@H]2CCO[C@@H](C)C2)c1. The Balaban J connectivity index is 1.81. The average Bonchev–Trinajstić information content (AvgIpc) is 2.41. The van der Waals surface area contributed by atoms with Crippen LogP contribution < -0.4 is 5.32 Å². The number of aryl methyl sites for hydroxylation is 1. The number of amides is 1. The fourth-order valence-electron chi connectivity index (χ4n) is 2.65. The topological polar surface area (TPSA) is 38.3 Å². The lowest BCUT2D eigenvalue weighted by Gasteiger charge is -2.27. The molecule has 1 aromatic carbocycles. The van der Waals surface area contributed by atoms with E-state index in [2.05, 4.69) is 28.2 Å². The van der Waals surface area contributed by atoms with Crippen LogP contribution in [-0.2, 0) is 4.74 Å². The van der Waals surface area contributed by atoms with E-state index >= 15 is 0 Å². The van der Waals surface area contributed by atoms with Crippen LogP contribution in [0.2, 0.25) is 0 Å². The predicted octanol–water partition coefficient (Wildman–Crippen LogP) is 3.69. The van der Waals surface area contributed by atoms with Gasteiger partial charge in [-0.15, -0.1) is 0 Å². The van der Waals surface area contributed by atoms with E-state index in [9.17, 15) is 4.79 Å². The number of carbonyl (C=O) groups excluding carboxylic acids is 1. The highest BCUT2D eigenvalue weighted by Gasteiger charge is 2.19. The number of hydrogen-bond donors (Lipinski definition) is 1. The van der Waals surface area contributed by atoms with Gasteiger partial charge in [-0.05, 0) is 67.1 Å². The first-order valence-electron chi connectivity index (χ1n) is 7.22. The van der Waals surface area contributed by atoms with Gasteiger partial charge in [-0.2, -0.15) is 0 Å². The molecule has 1 amide bonds. The molecule has 2 atom stereocenters. The molecule has 0 saturated carbocycles. The van der Waals surface area contributed by atoms with Crippen LogP contribution in [0.4, 0.5) is 0 Å². The molecule has 3 nitrogen and oxygen atoms in total. The normalized spacial score (nSPS) is 22.6. The van der Waals surface area contributed by atoms with Gasteiger partial charge < -0.3 is 10.1 Å². The minimum absolute atomic E-state index is 0.000632. The van der Waals surface area contributed by atoms with E-state index in [-0.39, 0.29) is 5.91 Å². The fraction of sp³-hybridized carbons (Fsp3) is 0.562. The van der Waals surface area contributed by atoms with Gasteiger partial charge in [-0.3, -0.25) is 4.79 Å². The molecule has 1 aromatic rings. The molecule has 1 aliphatic heterocycles. The summed E-state index contributed by atoms with van der Waals surface area (Å²) in [5.74, 6) is 0.667. The molecule has 0 bridgehead atoms. The summed E-state index contributed by atoms with van der Waals surface area (Å²) in [5.41, 5.74) is 1.81. The molecule has 1 fully saturated rings. The zero-order chi connectivity index (χ0) is 14.5. The maximum absolute atomic E-state index is 12.2. The monoisotopic (exact) mass is 339 g/mol. The van der Waals surface area contributed by atoms with Crippen molar-refractivity contribution in [1.29, 1.82) is 0 Å². The summed E-state index contributed by atoms with van der Waals surface area (Å²) in [6.45, 7) is 5.70. The maximum atomic E-state index is 12.2. The number of rotatable bonds is 4. The highest BCUT2D eigenvalue weighted by molar-refractivity contribution is 9.10. The smallest absolute Gasteiger partial charge is 0.252 e. The van der Waals surface area contributed by atoms with Gasteiger partial charge in [0.2, 0.25) is 0 Å². The minimum Gasteiger partial charge on any atom is -0.378 e. The van der Waals surface area contributed by atoms with Crippen LogP contribution in [0.15, 0.2) is 22.7 Å². The molecule has 0 radical (unpaired) electrons. The first-order valence-corrected chi connectivity index (χ1v) is 8.01.